The molecular weight excluding hydrogens is 399 g/mol. The zero-order valence-electron chi connectivity index (χ0n) is 15.9. The fourth-order valence-electron chi connectivity index (χ4n) is 3.13. The minimum Gasteiger partial charge on any atom is -0.332 e. The molecule has 0 atom stereocenters. The number of carbonyl (C=O) groups is 1. The van der Waals surface area contributed by atoms with Crippen molar-refractivity contribution < 1.29 is 13.7 Å². The van der Waals surface area contributed by atoms with Gasteiger partial charge < -0.3 is 4.52 Å². The molecule has 31 heavy (non-hydrogen) atoms. The van der Waals surface area contributed by atoms with Crippen LogP contribution in [0.25, 0.3) is 39.9 Å². The maximum atomic E-state index is 14.5. The summed E-state index contributed by atoms with van der Waals surface area (Å²) in [5, 5.41) is 12.4. The van der Waals surface area contributed by atoms with Crippen molar-refractivity contribution in [3.8, 4) is 39.9 Å². The topological polar surface area (TPSA) is 99.6 Å². The predicted octanol–water partition coefficient (Wildman–Crippen LogP) is 4.00. The molecule has 0 spiro atoms. The lowest BCUT2D eigenvalue weighted by Gasteiger charge is -2.08. The number of hydrogen-bond donors (Lipinski definition) is 0. The average molecular weight is 412 g/mol. The van der Waals surface area contributed by atoms with Gasteiger partial charge in [-0.25, -0.2) is 9.07 Å². The van der Waals surface area contributed by atoms with Gasteiger partial charge in [0, 0.05) is 29.1 Å². The fourth-order valence-corrected chi connectivity index (χ4v) is 3.13. The Morgan fingerprint density at radius 2 is 1.71 bits per heavy atom. The molecule has 2 aromatic carbocycles. The highest BCUT2D eigenvalue weighted by atomic mass is 19.1. The van der Waals surface area contributed by atoms with Crippen LogP contribution in [0, 0.1) is 5.82 Å². The van der Waals surface area contributed by atoms with E-state index < -0.39 is 5.82 Å². The minimum atomic E-state index is -0.448. The van der Waals surface area contributed by atoms with E-state index in [0.29, 0.717) is 33.9 Å². The third kappa shape index (κ3) is 3.38. The van der Waals surface area contributed by atoms with E-state index in [2.05, 4.69) is 25.4 Å². The molecule has 0 fully saturated rings. The first-order valence-corrected chi connectivity index (χ1v) is 9.25. The molecule has 5 rings (SSSR count). The van der Waals surface area contributed by atoms with Crippen LogP contribution in [0.1, 0.15) is 10.4 Å². The molecule has 0 saturated heterocycles. The van der Waals surface area contributed by atoms with Gasteiger partial charge in [-0.2, -0.15) is 4.98 Å². The van der Waals surface area contributed by atoms with Gasteiger partial charge in [0.25, 0.3) is 5.89 Å². The third-order valence-corrected chi connectivity index (χ3v) is 4.64. The lowest BCUT2D eigenvalue weighted by atomic mass is 10.1. The second-order valence-electron chi connectivity index (χ2n) is 6.55. The summed E-state index contributed by atoms with van der Waals surface area (Å²) in [4.78, 5) is 19.3. The normalized spacial score (nSPS) is 10.9. The van der Waals surface area contributed by atoms with Crippen LogP contribution in [0.3, 0.4) is 0 Å². The van der Waals surface area contributed by atoms with Crippen LogP contribution in [-0.2, 0) is 0 Å². The number of carbonyl (C=O) groups excluding carboxylic acids is 1. The average Bonchev–Trinajstić information content (AvgIpc) is 3.47. The van der Waals surface area contributed by atoms with Crippen molar-refractivity contribution in [2.24, 2.45) is 0 Å². The van der Waals surface area contributed by atoms with Crippen LogP contribution in [0.5, 0.6) is 0 Å². The number of pyridine rings is 1. The molecule has 0 aliphatic heterocycles. The molecule has 3 aromatic heterocycles. The summed E-state index contributed by atoms with van der Waals surface area (Å²) in [7, 11) is 0. The summed E-state index contributed by atoms with van der Waals surface area (Å²) in [6, 6.07) is 16.5. The third-order valence-electron chi connectivity index (χ3n) is 4.64. The first-order chi connectivity index (χ1) is 15.2. The van der Waals surface area contributed by atoms with Crippen molar-refractivity contribution in [1.29, 1.82) is 0 Å². The summed E-state index contributed by atoms with van der Waals surface area (Å²) < 4.78 is 21.3. The fraction of sp³-hybridized carbons (Fsp3) is 0. The number of aromatic nitrogens is 6. The van der Waals surface area contributed by atoms with Crippen molar-refractivity contribution in [1.82, 2.24) is 30.1 Å². The van der Waals surface area contributed by atoms with E-state index in [1.807, 2.05) is 0 Å². The van der Waals surface area contributed by atoms with Crippen molar-refractivity contribution in [3.05, 3.63) is 84.4 Å². The van der Waals surface area contributed by atoms with Crippen LogP contribution in [0.15, 0.2) is 77.6 Å². The summed E-state index contributed by atoms with van der Waals surface area (Å²) in [5.74, 6) is 0.00757. The van der Waals surface area contributed by atoms with Gasteiger partial charge in [0.05, 0.1) is 0 Å². The lowest BCUT2D eigenvalue weighted by molar-refractivity contribution is 0.112. The van der Waals surface area contributed by atoms with Gasteiger partial charge in [-0.05, 0) is 24.3 Å². The Bertz CT molecular complexity index is 1360. The largest absolute Gasteiger partial charge is 0.332 e. The maximum absolute atomic E-state index is 14.5. The maximum Gasteiger partial charge on any atom is 0.281 e. The van der Waals surface area contributed by atoms with Crippen LogP contribution >= 0.6 is 0 Å². The number of halogens is 1. The molecule has 0 aliphatic carbocycles. The van der Waals surface area contributed by atoms with Gasteiger partial charge >= 0.3 is 0 Å². The van der Waals surface area contributed by atoms with Gasteiger partial charge in [-0.15, -0.1) is 5.10 Å². The zero-order chi connectivity index (χ0) is 21.2. The van der Waals surface area contributed by atoms with E-state index in [4.69, 9.17) is 4.52 Å². The van der Waals surface area contributed by atoms with E-state index in [1.165, 1.54) is 10.7 Å². The van der Waals surface area contributed by atoms with Gasteiger partial charge in [-0.3, -0.25) is 9.78 Å². The van der Waals surface area contributed by atoms with Crippen molar-refractivity contribution in [3.63, 3.8) is 0 Å². The Kier molecular flexibility index (Phi) is 4.60. The number of rotatable bonds is 5. The molecule has 0 N–H and O–H groups in total. The zero-order valence-corrected chi connectivity index (χ0v) is 15.9. The molecule has 150 valence electrons. The highest BCUT2D eigenvalue weighted by Gasteiger charge is 2.24. The minimum absolute atomic E-state index is 0.129. The number of para-hydroxylation sites is 1. The molecule has 8 nitrogen and oxygen atoms in total. The van der Waals surface area contributed by atoms with Crippen LogP contribution in [-0.4, -0.2) is 36.4 Å². The highest BCUT2D eigenvalue weighted by Crippen LogP contribution is 2.32. The number of hydrogen-bond acceptors (Lipinski definition) is 7. The Morgan fingerprint density at radius 3 is 2.45 bits per heavy atom. The summed E-state index contributed by atoms with van der Waals surface area (Å²) in [6.07, 6.45) is 3.99. The molecule has 9 heteroatoms. The molecule has 5 aromatic rings. The predicted molar refractivity (Wildman–Crippen MR) is 109 cm³/mol. The van der Waals surface area contributed by atoms with Crippen LogP contribution in [0.2, 0.25) is 0 Å². The Hall–Kier alpha value is -4.53. The van der Waals surface area contributed by atoms with E-state index in [1.54, 1.807) is 67.0 Å². The van der Waals surface area contributed by atoms with Crippen molar-refractivity contribution in [2.75, 3.05) is 0 Å². The van der Waals surface area contributed by atoms with E-state index in [-0.39, 0.29) is 11.6 Å². The Morgan fingerprint density at radius 1 is 0.935 bits per heavy atom. The summed E-state index contributed by atoms with van der Waals surface area (Å²) in [6.45, 7) is 0. The Labute approximate surface area is 175 Å². The molecule has 3 heterocycles. The van der Waals surface area contributed by atoms with Gasteiger partial charge in [-0.1, -0.05) is 46.8 Å². The van der Waals surface area contributed by atoms with E-state index in [9.17, 15) is 9.18 Å². The molecular formula is C22H13FN6O2. The number of benzene rings is 2. The molecule has 0 aliphatic rings. The monoisotopic (exact) mass is 412 g/mol. The van der Waals surface area contributed by atoms with Crippen LogP contribution < -0.4 is 0 Å². The Balaban J connectivity index is 1.64. The van der Waals surface area contributed by atoms with Crippen LogP contribution in [0.4, 0.5) is 4.39 Å². The first kappa shape index (κ1) is 18.5. The molecule has 0 amide bonds. The number of nitrogens with zero attached hydrogens (tertiary/aromatic N) is 6. The molecule has 0 unspecified atom stereocenters. The SMILES string of the molecule is O=Cc1ccc(-c2noc(-c3nnn(-c4ccccc4F)c3-c3ccncc3)n2)cc1. The van der Waals surface area contributed by atoms with E-state index in [0.717, 1.165) is 6.29 Å². The van der Waals surface area contributed by atoms with Crippen molar-refractivity contribution in [2.45, 2.75) is 0 Å². The van der Waals surface area contributed by atoms with Crippen molar-refractivity contribution >= 4 is 6.29 Å². The highest BCUT2D eigenvalue weighted by molar-refractivity contribution is 5.77. The summed E-state index contributed by atoms with van der Waals surface area (Å²) >= 11 is 0. The number of aldehydes is 1. The quantitative estimate of drug-likeness (QED) is 0.402. The second-order valence-corrected chi connectivity index (χ2v) is 6.55. The standard InChI is InChI=1S/C22H13FN6O2/c23-17-3-1-2-4-18(17)29-20(15-9-11-24-12-10-15)19(26-28-29)22-25-21(27-31-22)16-7-5-14(13-30)6-8-16/h1-13H. The second kappa shape index (κ2) is 7.71. The summed E-state index contributed by atoms with van der Waals surface area (Å²) in [5.41, 5.74) is 2.94. The smallest absolute Gasteiger partial charge is 0.281 e. The molecule has 0 saturated carbocycles. The first-order valence-electron chi connectivity index (χ1n) is 9.25. The van der Waals surface area contributed by atoms with Gasteiger partial charge in [0.1, 0.15) is 23.5 Å². The molecule has 0 radical (unpaired) electrons. The van der Waals surface area contributed by atoms with Gasteiger partial charge in [0.2, 0.25) is 5.82 Å². The van der Waals surface area contributed by atoms with E-state index >= 15 is 0 Å². The van der Waals surface area contributed by atoms with Gasteiger partial charge in [0.15, 0.2) is 5.69 Å². The lowest BCUT2D eigenvalue weighted by Crippen LogP contribution is -2.02. The molecule has 0 bridgehead atoms.